The van der Waals surface area contributed by atoms with E-state index < -0.39 is 6.61 Å². The lowest BCUT2D eigenvalue weighted by Gasteiger charge is -2.13. The van der Waals surface area contributed by atoms with Gasteiger partial charge in [-0.25, -0.2) is 0 Å². The SMILES string of the molecule is CC(=O)c1ccc(Nc2ccccc2OC(F)F)cc1N. The van der Waals surface area contributed by atoms with Crippen molar-refractivity contribution in [1.82, 2.24) is 0 Å². The molecule has 0 aliphatic carbocycles. The molecule has 3 N–H and O–H groups in total. The lowest BCUT2D eigenvalue weighted by molar-refractivity contribution is -0.0493. The van der Waals surface area contributed by atoms with Gasteiger partial charge >= 0.3 is 6.61 Å². The van der Waals surface area contributed by atoms with Gasteiger partial charge < -0.3 is 15.8 Å². The third kappa shape index (κ3) is 3.68. The zero-order chi connectivity index (χ0) is 15.4. The van der Waals surface area contributed by atoms with Crippen LogP contribution in [0.2, 0.25) is 0 Å². The van der Waals surface area contributed by atoms with Crippen molar-refractivity contribution < 1.29 is 18.3 Å². The van der Waals surface area contributed by atoms with Crippen LogP contribution in [0.1, 0.15) is 17.3 Å². The van der Waals surface area contributed by atoms with Crippen LogP contribution in [0, 0.1) is 0 Å². The summed E-state index contributed by atoms with van der Waals surface area (Å²) >= 11 is 0. The van der Waals surface area contributed by atoms with Gasteiger partial charge in [-0.2, -0.15) is 8.78 Å². The molecule has 2 aromatic rings. The lowest BCUT2D eigenvalue weighted by Crippen LogP contribution is -2.05. The molecule has 0 atom stereocenters. The number of hydrogen-bond donors (Lipinski definition) is 2. The molecule has 0 amide bonds. The molecule has 0 saturated carbocycles. The van der Waals surface area contributed by atoms with Crippen molar-refractivity contribution in [2.24, 2.45) is 0 Å². The van der Waals surface area contributed by atoms with Gasteiger partial charge in [0.2, 0.25) is 0 Å². The molecule has 4 nitrogen and oxygen atoms in total. The van der Waals surface area contributed by atoms with E-state index in [1.54, 1.807) is 36.4 Å². The number of nitrogens with two attached hydrogens (primary N) is 1. The van der Waals surface area contributed by atoms with E-state index in [0.717, 1.165) is 0 Å². The second kappa shape index (κ2) is 6.21. The van der Waals surface area contributed by atoms with Gasteiger partial charge in [-0.3, -0.25) is 4.79 Å². The van der Waals surface area contributed by atoms with Gasteiger partial charge in [-0.05, 0) is 37.3 Å². The fourth-order valence-electron chi connectivity index (χ4n) is 1.89. The Balaban J connectivity index is 2.26. The maximum Gasteiger partial charge on any atom is 0.387 e. The second-order valence-electron chi connectivity index (χ2n) is 4.36. The quantitative estimate of drug-likeness (QED) is 0.649. The van der Waals surface area contributed by atoms with Crippen LogP contribution in [0.25, 0.3) is 0 Å². The van der Waals surface area contributed by atoms with Gasteiger partial charge in [0, 0.05) is 16.9 Å². The van der Waals surface area contributed by atoms with Crippen molar-refractivity contribution in [3.63, 3.8) is 0 Å². The number of ether oxygens (including phenoxy) is 1. The predicted molar refractivity (Wildman–Crippen MR) is 77.2 cm³/mol. The van der Waals surface area contributed by atoms with E-state index in [1.807, 2.05) is 0 Å². The molecule has 0 radical (unpaired) electrons. The standard InChI is InChI=1S/C15H14F2N2O2/c1-9(20)11-7-6-10(8-12(11)18)19-13-4-2-3-5-14(13)21-15(16)17/h2-8,15,19H,18H2,1H3. The summed E-state index contributed by atoms with van der Waals surface area (Å²) in [5, 5.41) is 2.94. The van der Waals surface area contributed by atoms with Gasteiger partial charge in [0.05, 0.1) is 5.69 Å². The number of alkyl halides is 2. The summed E-state index contributed by atoms with van der Waals surface area (Å²) in [5.41, 5.74) is 7.47. The van der Waals surface area contributed by atoms with E-state index in [9.17, 15) is 13.6 Å². The third-order valence-electron chi connectivity index (χ3n) is 2.81. The molecule has 0 unspecified atom stereocenters. The Morgan fingerprint density at radius 2 is 1.95 bits per heavy atom. The number of rotatable bonds is 5. The molecule has 0 heterocycles. The maximum absolute atomic E-state index is 12.3. The summed E-state index contributed by atoms with van der Waals surface area (Å²) < 4.78 is 29.1. The van der Waals surface area contributed by atoms with Crippen LogP contribution in [0.4, 0.5) is 25.8 Å². The van der Waals surface area contributed by atoms with Crippen LogP contribution in [0.5, 0.6) is 5.75 Å². The molecule has 0 bridgehead atoms. The predicted octanol–water partition coefficient (Wildman–Crippen LogP) is 3.82. The Morgan fingerprint density at radius 3 is 2.57 bits per heavy atom. The first-order valence-corrected chi connectivity index (χ1v) is 6.18. The average molecular weight is 292 g/mol. The minimum atomic E-state index is -2.90. The van der Waals surface area contributed by atoms with Crippen LogP contribution in [0.3, 0.4) is 0 Å². The van der Waals surface area contributed by atoms with E-state index in [0.29, 0.717) is 22.6 Å². The van der Waals surface area contributed by atoms with Crippen LogP contribution < -0.4 is 15.8 Å². The van der Waals surface area contributed by atoms with Crippen molar-refractivity contribution in [3.8, 4) is 5.75 Å². The molecule has 0 saturated heterocycles. The number of nitrogens with one attached hydrogen (secondary N) is 1. The highest BCUT2D eigenvalue weighted by Gasteiger charge is 2.10. The zero-order valence-electron chi connectivity index (χ0n) is 11.3. The van der Waals surface area contributed by atoms with Crippen LogP contribution in [-0.4, -0.2) is 12.4 Å². The molecular weight excluding hydrogens is 278 g/mol. The fourth-order valence-corrected chi connectivity index (χ4v) is 1.89. The Bertz CT molecular complexity index is 660. The number of para-hydroxylation sites is 2. The minimum Gasteiger partial charge on any atom is -0.433 e. The highest BCUT2D eigenvalue weighted by molar-refractivity contribution is 5.99. The Morgan fingerprint density at radius 1 is 1.24 bits per heavy atom. The molecule has 0 aliphatic rings. The Hall–Kier alpha value is -2.63. The first kappa shape index (κ1) is 14.8. The number of Topliss-reactive ketones (excluding diaryl/α,β-unsaturated/α-hetero) is 1. The third-order valence-corrected chi connectivity index (χ3v) is 2.81. The molecule has 110 valence electrons. The zero-order valence-corrected chi connectivity index (χ0v) is 11.3. The van der Waals surface area contributed by atoms with Crippen molar-refractivity contribution >= 4 is 22.8 Å². The van der Waals surface area contributed by atoms with Crippen LogP contribution >= 0.6 is 0 Å². The molecule has 0 fully saturated rings. The fraction of sp³-hybridized carbons (Fsp3) is 0.133. The van der Waals surface area contributed by atoms with Gasteiger partial charge in [-0.15, -0.1) is 0 Å². The first-order chi connectivity index (χ1) is 9.97. The first-order valence-electron chi connectivity index (χ1n) is 6.18. The number of carbonyl (C=O) groups excluding carboxylic acids is 1. The number of nitrogen functional groups attached to an aromatic ring is 1. The number of halogens is 2. The van der Waals surface area contributed by atoms with E-state index >= 15 is 0 Å². The molecule has 0 aliphatic heterocycles. The van der Waals surface area contributed by atoms with E-state index in [4.69, 9.17) is 5.73 Å². The average Bonchev–Trinajstić information content (AvgIpc) is 2.40. The number of ketones is 1. The van der Waals surface area contributed by atoms with Crippen LogP contribution in [0.15, 0.2) is 42.5 Å². The molecule has 0 spiro atoms. The summed E-state index contributed by atoms with van der Waals surface area (Å²) in [7, 11) is 0. The molecular formula is C15H14F2N2O2. The monoisotopic (exact) mass is 292 g/mol. The molecule has 2 aromatic carbocycles. The Labute approximate surface area is 120 Å². The van der Waals surface area contributed by atoms with Crippen molar-refractivity contribution in [2.75, 3.05) is 11.1 Å². The highest BCUT2D eigenvalue weighted by atomic mass is 19.3. The molecule has 21 heavy (non-hydrogen) atoms. The maximum atomic E-state index is 12.3. The highest BCUT2D eigenvalue weighted by Crippen LogP contribution is 2.30. The number of anilines is 3. The van der Waals surface area contributed by atoms with Crippen LogP contribution in [-0.2, 0) is 0 Å². The van der Waals surface area contributed by atoms with Gasteiger partial charge in [0.25, 0.3) is 0 Å². The number of carbonyl (C=O) groups is 1. The van der Waals surface area contributed by atoms with Gasteiger partial charge in [0.1, 0.15) is 5.75 Å². The second-order valence-corrected chi connectivity index (χ2v) is 4.36. The summed E-state index contributed by atoms with van der Waals surface area (Å²) in [4.78, 5) is 11.3. The minimum absolute atomic E-state index is 0.0294. The number of benzene rings is 2. The van der Waals surface area contributed by atoms with E-state index in [2.05, 4.69) is 10.1 Å². The lowest BCUT2D eigenvalue weighted by atomic mass is 10.1. The molecule has 0 aromatic heterocycles. The largest absolute Gasteiger partial charge is 0.433 e. The van der Waals surface area contributed by atoms with Crippen molar-refractivity contribution in [1.29, 1.82) is 0 Å². The number of hydrogen-bond acceptors (Lipinski definition) is 4. The molecule has 6 heteroatoms. The smallest absolute Gasteiger partial charge is 0.387 e. The van der Waals surface area contributed by atoms with Gasteiger partial charge in [0.15, 0.2) is 5.78 Å². The normalized spacial score (nSPS) is 10.5. The molecule has 2 rings (SSSR count). The van der Waals surface area contributed by atoms with E-state index in [-0.39, 0.29) is 11.5 Å². The summed E-state index contributed by atoms with van der Waals surface area (Å²) in [5.74, 6) is -0.109. The Kier molecular flexibility index (Phi) is 4.37. The summed E-state index contributed by atoms with van der Waals surface area (Å²) in [6.45, 7) is -1.48. The van der Waals surface area contributed by atoms with Gasteiger partial charge in [-0.1, -0.05) is 12.1 Å². The van der Waals surface area contributed by atoms with Crippen molar-refractivity contribution in [3.05, 3.63) is 48.0 Å². The summed E-state index contributed by atoms with van der Waals surface area (Å²) in [6, 6.07) is 11.1. The topological polar surface area (TPSA) is 64.3 Å². The van der Waals surface area contributed by atoms with Crippen molar-refractivity contribution in [2.45, 2.75) is 13.5 Å². The van der Waals surface area contributed by atoms with E-state index in [1.165, 1.54) is 13.0 Å². The summed E-state index contributed by atoms with van der Waals surface area (Å²) in [6.07, 6.45) is 0.